The van der Waals surface area contributed by atoms with Crippen LogP contribution in [0.1, 0.15) is 18.9 Å². The molecule has 33 heavy (non-hydrogen) atoms. The molecule has 0 saturated carbocycles. The van der Waals surface area contributed by atoms with E-state index in [-0.39, 0.29) is 4.90 Å². The fourth-order valence-electron chi connectivity index (χ4n) is 3.37. The molecule has 0 saturated heterocycles. The zero-order valence-corrected chi connectivity index (χ0v) is 21.1. The summed E-state index contributed by atoms with van der Waals surface area (Å²) in [6.07, 6.45) is 3.13. The van der Waals surface area contributed by atoms with E-state index in [9.17, 15) is 8.42 Å². The molecule has 0 aliphatic heterocycles. The molecule has 4 aromatic rings. The zero-order valence-electron chi connectivity index (χ0n) is 17.9. The van der Waals surface area contributed by atoms with E-state index in [0.717, 1.165) is 27.8 Å². The second-order valence-corrected chi connectivity index (χ2v) is 10.4. The van der Waals surface area contributed by atoms with Gasteiger partial charge in [0.05, 0.1) is 21.3 Å². The van der Waals surface area contributed by atoms with Crippen molar-refractivity contribution in [1.82, 2.24) is 19.3 Å². The van der Waals surface area contributed by atoms with Gasteiger partial charge in [0.2, 0.25) is 10.0 Å². The first-order valence-electron chi connectivity index (χ1n) is 10.5. The Labute approximate surface area is 206 Å². The topological polar surface area (TPSA) is 88.4 Å². The first-order valence-corrected chi connectivity index (χ1v) is 13.2. The quantitative estimate of drug-likeness (QED) is 0.282. The van der Waals surface area contributed by atoms with E-state index >= 15 is 0 Å². The number of halogens is 2. The van der Waals surface area contributed by atoms with Gasteiger partial charge in [-0.05, 0) is 52.5 Å². The monoisotopic (exact) mass is 547 g/mol. The van der Waals surface area contributed by atoms with Crippen molar-refractivity contribution in [3.05, 3.63) is 75.9 Å². The largest absolute Gasteiger partial charge is 0.370 e. The predicted molar refractivity (Wildman–Crippen MR) is 135 cm³/mol. The van der Waals surface area contributed by atoms with E-state index in [4.69, 9.17) is 11.6 Å². The smallest absolute Gasteiger partial charge is 0.240 e. The maximum absolute atomic E-state index is 12.5. The summed E-state index contributed by atoms with van der Waals surface area (Å²) in [4.78, 5) is 4.96. The average Bonchev–Trinajstić information content (AvgIpc) is 3.20. The van der Waals surface area contributed by atoms with Crippen molar-refractivity contribution in [2.24, 2.45) is 0 Å². The van der Waals surface area contributed by atoms with Gasteiger partial charge in [-0.15, -0.1) is 0 Å². The molecule has 0 aliphatic carbocycles. The molecule has 0 amide bonds. The number of aryl methyl sites for hydroxylation is 1. The van der Waals surface area contributed by atoms with E-state index in [2.05, 4.69) is 36.1 Å². The average molecular weight is 549 g/mol. The lowest BCUT2D eigenvalue weighted by Crippen LogP contribution is -2.26. The van der Waals surface area contributed by atoms with Gasteiger partial charge in [-0.3, -0.25) is 0 Å². The molecule has 0 fully saturated rings. The normalized spacial score (nSPS) is 11.7. The highest BCUT2D eigenvalue weighted by Gasteiger charge is 2.14. The van der Waals surface area contributed by atoms with Crippen LogP contribution in [0.25, 0.3) is 16.9 Å². The Balaban J connectivity index is 1.43. The minimum Gasteiger partial charge on any atom is -0.370 e. The highest BCUT2D eigenvalue weighted by atomic mass is 79.9. The molecule has 0 spiro atoms. The van der Waals surface area contributed by atoms with Crippen molar-refractivity contribution in [1.29, 1.82) is 0 Å². The van der Waals surface area contributed by atoms with Crippen LogP contribution in [0.4, 0.5) is 5.82 Å². The third-order valence-corrected chi connectivity index (χ3v) is 7.54. The van der Waals surface area contributed by atoms with Gasteiger partial charge in [-0.25, -0.2) is 18.1 Å². The lowest BCUT2D eigenvalue weighted by atomic mass is 10.1. The Morgan fingerprint density at radius 1 is 1.09 bits per heavy atom. The minimum absolute atomic E-state index is 0.272. The SMILES string of the molecule is CCc1ccc(S(=O)(=O)NCCCNc2cc(-c3ccccc3Cl)nc3c(Br)cnn23)cc1. The van der Waals surface area contributed by atoms with Crippen molar-refractivity contribution < 1.29 is 8.42 Å². The molecule has 4 rings (SSSR count). The van der Waals surface area contributed by atoms with Crippen LogP contribution in [0.5, 0.6) is 0 Å². The summed E-state index contributed by atoms with van der Waals surface area (Å²) in [5.41, 5.74) is 3.29. The molecular formula is C23H23BrClN5O2S. The lowest BCUT2D eigenvalue weighted by molar-refractivity contribution is 0.580. The van der Waals surface area contributed by atoms with Crippen molar-refractivity contribution in [2.45, 2.75) is 24.7 Å². The number of nitrogens with zero attached hydrogens (tertiary/aromatic N) is 3. The molecule has 2 aromatic carbocycles. The molecule has 0 radical (unpaired) electrons. The standard InChI is InChI=1S/C23H23BrClN5O2S/c1-2-16-8-10-17(11-9-16)33(31,32)28-13-5-12-26-22-14-21(18-6-3-4-7-20(18)25)29-23-19(24)15-27-30(22)23/h3-4,6-11,14-15,26,28H,2,5,12-13H2,1H3. The van der Waals surface area contributed by atoms with Crippen LogP contribution in [0.15, 0.2) is 70.2 Å². The fraction of sp³-hybridized carbons (Fsp3) is 0.217. The Kier molecular flexibility index (Phi) is 7.33. The van der Waals surface area contributed by atoms with E-state index in [1.54, 1.807) is 22.8 Å². The molecule has 10 heteroatoms. The molecule has 0 aliphatic rings. The zero-order chi connectivity index (χ0) is 23.4. The number of rotatable bonds is 9. The Morgan fingerprint density at radius 3 is 2.58 bits per heavy atom. The van der Waals surface area contributed by atoms with Gasteiger partial charge < -0.3 is 5.32 Å². The van der Waals surface area contributed by atoms with Crippen LogP contribution in [0, 0.1) is 0 Å². The van der Waals surface area contributed by atoms with Gasteiger partial charge >= 0.3 is 0 Å². The molecule has 0 unspecified atom stereocenters. The molecule has 172 valence electrons. The summed E-state index contributed by atoms with van der Waals surface area (Å²) in [5, 5.41) is 8.31. The number of anilines is 1. The van der Waals surface area contributed by atoms with Crippen LogP contribution in [0.2, 0.25) is 5.02 Å². The predicted octanol–water partition coefficient (Wildman–Crippen LogP) is 5.16. The van der Waals surface area contributed by atoms with Gasteiger partial charge in [0.25, 0.3) is 0 Å². The molecular weight excluding hydrogens is 526 g/mol. The molecule has 7 nitrogen and oxygen atoms in total. The van der Waals surface area contributed by atoms with Gasteiger partial charge in [-0.2, -0.15) is 9.61 Å². The summed E-state index contributed by atoms with van der Waals surface area (Å²) in [5.74, 6) is 0.735. The highest BCUT2D eigenvalue weighted by molar-refractivity contribution is 9.10. The van der Waals surface area contributed by atoms with Crippen molar-refractivity contribution >= 4 is 49.0 Å². The summed E-state index contributed by atoms with van der Waals surface area (Å²) >= 11 is 9.86. The third-order valence-electron chi connectivity index (χ3n) is 5.17. The maximum atomic E-state index is 12.5. The van der Waals surface area contributed by atoms with Gasteiger partial charge in [0.1, 0.15) is 5.82 Å². The Bertz CT molecular complexity index is 1370. The highest BCUT2D eigenvalue weighted by Crippen LogP contribution is 2.30. The summed E-state index contributed by atoms with van der Waals surface area (Å²) in [7, 11) is -3.54. The molecule has 0 atom stereocenters. The minimum atomic E-state index is -3.54. The number of hydrogen-bond acceptors (Lipinski definition) is 5. The number of nitrogens with one attached hydrogen (secondary N) is 2. The number of hydrogen-bond donors (Lipinski definition) is 2. The van der Waals surface area contributed by atoms with Crippen LogP contribution < -0.4 is 10.0 Å². The van der Waals surface area contributed by atoms with E-state index in [1.165, 1.54) is 0 Å². The third kappa shape index (κ3) is 5.38. The Morgan fingerprint density at radius 2 is 1.85 bits per heavy atom. The first kappa shape index (κ1) is 23.7. The number of sulfonamides is 1. The van der Waals surface area contributed by atoms with E-state index in [1.807, 2.05) is 49.4 Å². The molecule has 0 bridgehead atoms. The van der Waals surface area contributed by atoms with Gasteiger partial charge in [-0.1, -0.05) is 48.9 Å². The second-order valence-electron chi connectivity index (χ2n) is 7.41. The first-order chi connectivity index (χ1) is 15.9. The van der Waals surface area contributed by atoms with E-state index in [0.29, 0.717) is 35.9 Å². The van der Waals surface area contributed by atoms with E-state index < -0.39 is 10.0 Å². The van der Waals surface area contributed by atoms with Crippen molar-refractivity contribution in [2.75, 3.05) is 18.4 Å². The fourth-order valence-corrected chi connectivity index (χ4v) is 5.02. The van der Waals surface area contributed by atoms with Crippen LogP contribution in [-0.4, -0.2) is 36.1 Å². The number of benzene rings is 2. The second kappa shape index (κ2) is 10.2. The number of aromatic nitrogens is 3. The summed E-state index contributed by atoms with van der Waals surface area (Å²) in [6, 6.07) is 16.4. The van der Waals surface area contributed by atoms with Crippen molar-refractivity contribution in [3.63, 3.8) is 0 Å². The maximum Gasteiger partial charge on any atom is 0.240 e. The molecule has 2 N–H and O–H groups in total. The van der Waals surface area contributed by atoms with Crippen LogP contribution in [0.3, 0.4) is 0 Å². The summed E-state index contributed by atoms with van der Waals surface area (Å²) in [6.45, 7) is 2.87. The lowest BCUT2D eigenvalue weighted by Gasteiger charge is -2.12. The Hall–Kier alpha value is -2.46. The van der Waals surface area contributed by atoms with Crippen LogP contribution in [-0.2, 0) is 16.4 Å². The summed E-state index contributed by atoms with van der Waals surface area (Å²) < 4.78 is 30.1. The van der Waals surface area contributed by atoms with Crippen LogP contribution >= 0.6 is 27.5 Å². The molecule has 2 heterocycles. The van der Waals surface area contributed by atoms with Crippen molar-refractivity contribution in [3.8, 4) is 11.3 Å². The number of fused-ring (bicyclic) bond motifs is 1. The molecule has 2 aromatic heterocycles. The van der Waals surface area contributed by atoms with Gasteiger partial charge in [0, 0.05) is 29.7 Å². The van der Waals surface area contributed by atoms with Gasteiger partial charge in [0.15, 0.2) is 5.65 Å².